The van der Waals surface area contributed by atoms with Gasteiger partial charge in [0.15, 0.2) is 5.96 Å². The van der Waals surface area contributed by atoms with Gasteiger partial charge in [-0.05, 0) is 52.7 Å². The molecule has 2 heterocycles. The first-order chi connectivity index (χ1) is 14.9. The van der Waals surface area contributed by atoms with E-state index in [0.717, 1.165) is 25.0 Å². The van der Waals surface area contributed by atoms with Gasteiger partial charge in [-0.3, -0.25) is 9.79 Å². The van der Waals surface area contributed by atoms with E-state index in [4.69, 9.17) is 14.1 Å². The minimum absolute atomic E-state index is 0. The molecule has 0 aromatic carbocycles. The topological polar surface area (TPSA) is 108 Å². The molecule has 1 fully saturated rings. The van der Waals surface area contributed by atoms with Crippen molar-refractivity contribution in [3.8, 4) is 0 Å². The molecule has 0 bridgehead atoms. The highest BCUT2D eigenvalue weighted by molar-refractivity contribution is 14.0. The number of rotatable bonds is 9. The molecule has 1 aliphatic rings. The van der Waals surface area contributed by atoms with Crippen molar-refractivity contribution in [1.82, 2.24) is 20.9 Å². The molecule has 0 radical (unpaired) electrons. The predicted octanol–water partition coefficient (Wildman–Crippen LogP) is 2.76. The van der Waals surface area contributed by atoms with Gasteiger partial charge in [-0.15, -0.1) is 24.0 Å². The van der Waals surface area contributed by atoms with Crippen LogP contribution in [0.4, 0.5) is 4.79 Å². The Bertz CT molecular complexity index is 716. The first-order valence-electron chi connectivity index (χ1n) is 11.1. The van der Waals surface area contributed by atoms with Gasteiger partial charge in [-0.25, -0.2) is 4.79 Å². The second-order valence-corrected chi connectivity index (χ2v) is 8.27. The fraction of sp³-hybridized carbons (Fsp3) is 0.682. The van der Waals surface area contributed by atoms with Crippen LogP contribution in [0.15, 0.2) is 27.8 Å². The summed E-state index contributed by atoms with van der Waals surface area (Å²) in [5.41, 5.74) is -0.612. The Balaban J connectivity index is 0.00000512. The average molecular weight is 563 g/mol. The minimum atomic E-state index is -0.612. The quantitative estimate of drug-likeness (QED) is 0.242. The number of amides is 2. The first kappa shape index (κ1) is 28.1. The number of likely N-dealkylation sites (tertiary alicyclic amines) is 1. The van der Waals surface area contributed by atoms with Crippen molar-refractivity contribution >= 4 is 41.9 Å². The summed E-state index contributed by atoms with van der Waals surface area (Å²) in [6.07, 6.45) is 3.74. The highest BCUT2D eigenvalue weighted by Gasteiger charge is 2.28. The third-order valence-corrected chi connectivity index (χ3v) is 5.19. The Kier molecular flexibility index (Phi) is 12.5. The van der Waals surface area contributed by atoms with Gasteiger partial charge in [0, 0.05) is 38.6 Å². The largest absolute Gasteiger partial charge is 0.469 e. The highest BCUT2D eigenvalue weighted by atomic mass is 127. The number of nitrogens with zero attached hydrogens (tertiary/aromatic N) is 2. The van der Waals surface area contributed by atoms with E-state index >= 15 is 0 Å². The third kappa shape index (κ3) is 9.25. The number of ether oxygens (including phenoxy) is 1. The summed E-state index contributed by atoms with van der Waals surface area (Å²) in [5, 5.41) is 9.68. The molecule has 3 N–H and O–H groups in total. The first-order valence-corrected chi connectivity index (χ1v) is 11.1. The summed E-state index contributed by atoms with van der Waals surface area (Å²) >= 11 is 0. The molecule has 2 amide bonds. The van der Waals surface area contributed by atoms with Crippen LogP contribution >= 0.6 is 24.0 Å². The standard InChI is InChI=1S/C22H37N5O4.HI/c1-5-23-19(28)22(3,4)16-25-20(24-12-9-18-8-7-15-31-18)26-17-10-13-27(14-11-17)21(29)30-6-2;/h7-8,15,17H,5-6,9-14,16H2,1-4H3,(H,23,28)(H2,24,25,26);1H. The van der Waals surface area contributed by atoms with Crippen LogP contribution in [-0.2, 0) is 16.0 Å². The van der Waals surface area contributed by atoms with Gasteiger partial charge in [-0.2, -0.15) is 0 Å². The second-order valence-electron chi connectivity index (χ2n) is 8.27. The SMILES string of the molecule is CCNC(=O)C(C)(C)CN=C(NCCc1ccco1)NC1CCN(C(=O)OCC)CC1.I. The van der Waals surface area contributed by atoms with Crippen molar-refractivity contribution in [2.24, 2.45) is 10.4 Å². The maximum absolute atomic E-state index is 12.3. The fourth-order valence-corrected chi connectivity index (χ4v) is 3.27. The normalized spacial score (nSPS) is 15.0. The van der Waals surface area contributed by atoms with Crippen LogP contribution in [0.3, 0.4) is 0 Å². The number of nitrogens with one attached hydrogen (secondary N) is 3. The number of furan rings is 1. The number of halogens is 1. The van der Waals surface area contributed by atoms with Crippen LogP contribution in [0, 0.1) is 5.41 Å². The smallest absolute Gasteiger partial charge is 0.409 e. The van der Waals surface area contributed by atoms with E-state index in [1.54, 1.807) is 11.2 Å². The Morgan fingerprint density at radius 2 is 1.97 bits per heavy atom. The lowest BCUT2D eigenvalue weighted by molar-refractivity contribution is -0.128. The van der Waals surface area contributed by atoms with E-state index in [1.807, 2.05) is 39.8 Å². The van der Waals surface area contributed by atoms with Crippen LogP contribution in [-0.4, -0.2) is 68.2 Å². The minimum Gasteiger partial charge on any atom is -0.469 e. The van der Waals surface area contributed by atoms with E-state index in [2.05, 4.69) is 16.0 Å². The van der Waals surface area contributed by atoms with Crippen LogP contribution in [0.25, 0.3) is 0 Å². The number of hydrogen-bond acceptors (Lipinski definition) is 5. The van der Waals surface area contributed by atoms with Crippen LogP contribution in [0.1, 0.15) is 46.3 Å². The van der Waals surface area contributed by atoms with E-state index in [-0.39, 0.29) is 42.0 Å². The molecule has 1 aromatic rings. The van der Waals surface area contributed by atoms with Gasteiger partial charge >= 0.3 is 6.09 Å². The van der Waals surface area contributed by atoms with Gasteiger partial charge in [0.25, 0.3) is 0 Å². The third-order valence-electron chi connectivity index (χ3n) is 5.19. The number of carbonyl (C=O) groups excluding carboxylic acids is 2. The molecule has 0 saturated carbocycles. The van der Waals surface area contributed by atoms with Crippen molar-refractivity contribution in [1.29, 1.82) is 0 Å². The van der Waals surface area contributed by atoms with Gasteiger partial charge < -0.3 is 30.0 Å². The number of hydrogen-bond donors (Lipinski definition) is 3. The summed E-state index contributed by atoms with van der Waals surface area (Å²) < 4.78 is 10.5. The van der Waals surface area contributed by atoms with E-state index in [1.165, 1.54) is 0 Å². The van der Waals surface area contributed by atoms with Crippen molar-refractivity contribution < 1.29 is 18.7 Å². The van der Waals surface area contributed by atoms with Gasteiger partial charge in [0.2, 0.25) is 5.91 Å². The fourth-order valence-electron chi connectivity index (χ4n) is 3.27. The van der Waals surface area contributed by atoms with Crippen molar-refractivity contribution in [3.63, 3.8) is 0 Å². The molecular weight excluding hydrogens is 525 g/mol. The molecule has 0 aliphatic carbocycles. The molecule has 1 saturated heterocycles. The van der Waals surface area contributed by atoms with E-state index in [9.17, 15) is 9.59 Å². The lowest BCUT2D eigenvalue weighted by atomic mass is 9.92. The van der Waals surface area contributed by atoms with Gasteiger partial charge in [0.1, 0.15) is 5.76 Å². The number of piperidine rings is 1. The highest BCUT2D eigenvalue weighted by Crippen LogP contribution is 2.16. The second kappa shape index (κ2) is 14.2. The van der Waals surface area contributed by atoms with Crippen molar-refractivity contribution in [2.45, 2.75) is 53.0 Å². The molecule has 1 aromatic heterocycles. The number of guanidine groups is 1. The molecule has 2 rings (SSSR count). The zero-order chi connectivity index (χ0) is 22.7. The molecule has 0 unspecified atom stereocenters. The summed E-state index contributed by atoms with van der Waals surface area (Å²) in [4.78, 5) is 30.6. The summed E-state index contributed by atoms with van der Waals surface area (Å²) in [5.74, 6) is 1.55. The van der Waals surface area contributed by atoms with Gasteiger partial charge in [-0.1, -0.05) is 0 Å². The van der Waals surface area contributed by atoms with E-state index in [0.29, 0.717) is 45.3 Å². The summed E-state index contributed by atoms with van der Waals surface area (Å²) in [7, 11) is 0. The molecule has 0 spiro atoms. The molecular formula is C22H38IN5O4. The lowest BCUT2D eigenvalue weighted by Gasteiger charge is -2.32. The molecule has 9 nitrogen and oxygen atoms in total. The Morgan fingerprint density at radius 1 is 1.25 bits per heavy atom. The van der Waals surface area contributed by atoms with Crippen molar-refractivity contribution in [2.75, 3.05) is 39.3 Å². The lowest BCUT2D eigenvalue weighted by Crippen LogP contribution is -2.50. The molecule has 0 atom stereocenters. The maximum Gasteiger partial charge on any atom is 0.409 e. The zero-order valence-corrected chi connectivity index (χ0v) is 21.9. The number of aliphatic imine (C=N–C) groups is 1. The molecule has 32 heavy (non-hydrogen) atoms. The molecule has 182 valence electrons. The summed E-state index contributed by atoms with van der Waals surface area (Å²) in [6, 6.07) is 4.00. The maximum atomic E-state index is 12.3. The Labute approximate surface area is 208 Å². The monoisotopic (exact) mass is 563 g/mol. The van der Waals surface area contributed by atoms with Crippen LogP contribution < -0.4 is 16.0 Å². The Hall–Kier alpha value is -1.98. The van der Waals surface area contributed by atoms with Crippen LogP contribution in [0.5, 0.6) is 0 Å². The van der Waals surface area contributed by atoms with Crippen molar-refractivity contribution in [3.05, 3.63) is 24.2 Å². The predicted molar refractivity (Wildman–Crippen MR) is 135 cm³/mol. The van der Waals surface area contributed by atoms with Crippen LogP contribution in [0.2, 0.25) is 0 Å². The average Bonchev–Trinajstić information content (AvgIpc) is 3.26. The molecule has 1 aliphatic heterocycles. The van der Waals surface area contributed by atoms with Gasteiger partial charge in [0.05, 0.1) is 24.8 Å². The molecule has 10 heteroatoms. The number of carbonyl (C=O) groups is 2. The zero-order valence-electron chi connectivity index (χ0n) is 19.6. The van der Waals surface area contributed by atoms with E-state index < -0.39 is 5.41 Å². The summed E-state index contributed by atoms with van der Waals surface area (Å²) in [6.45, 7) is 10.8. The Morgan fingerprint density at radius 3 is 2.56 bits per heavy atom.